The maximum Gasteiger partial charge on any atom is 0.275 e. The summed E-state index contributed by atoms with van der Waals surface area (Å²) in [7, 11) is 6.09. The summed E-state index contributed by atoms with van der Waals surface area (Å²) in [5, 5.41) is 4.60. The van der Waals surface area contributed by atoms with Crippen molar-refractivity contribution < 1.29 is 9.59 Å². The fourth-order valence-electron chi connectivity index (χ4n) is 4.69. The highest BCUT2D eigenvalue weighted by Gasteiger charge is 2.35. The molecule has 5 rings (SSSR count). The Hall–Kier alpha value is -3.64. The quantitative estimate of drug-likeness (QED) is 0.479. The molecule has 1 N–H and O–H groups in total. The zero-order valence-corrected chi connectivity index (χ0v) is 18.6. The lowest BCUT2D eigenvalue weighted by Crippen LogP contribution is -2.23. The molecule has 2 amide bonds. The van der Waals surface area contributed by atoms with Gasteiger partial charge in [-0.3, -0.25) is 14.9 Å². The molecule has 0 radical (unpaired) electrons. The summed E-state index contributed by atoms with van der Waals surface area (Å²) >= 11 is 0. The SMILES string of the molecule is CN(C)CCCc1cn(C2=C(c3cn(C)c4ccccc34)C(=O)NC2=O)c2ccccc12. The summed E-state index contributed by atoms with van der Waals surface area (Å²) in [5.74, 6) is -0.716. The third-order valence-corrected chi connectivity index (χ3v) is 6.16. The van der Waals surface area contributed by atoms with Gasteiger partial charge in [-0.1, -0.05) is 36.4 Å². The van der Waals surface area contributed by atoms with Crippen molar-refractivity contribution in [3.63, 3.8) is 0 Å². The minimum Gasteiger partial charge on any atom is -0.350 e. The van der Waals surface area contributed by atoms with Crippen molar-refractivity contribution >= 4 is 44.9 Å². The smallest absolute Gasteiger partial charge is 0.275 e. The van der Waals surface area contributed by atoms with Gasteiger partial charge in [0.1, 0.15) is 5.70 Å². The van der Waals surface area contributed by atoms with Gasteiger partial charge in [-0.05, 0) is 51.2 Å². The molecule has 1 aliphatic heterocycles. The zero-order chi connectivity index (χ0) is 22.4. The van der Waals surface area contributed by atoms with Gasteiger partial charge in [0.25, 0.3) is 11.8 Å². The average molecular weight is 427 g/mol. The van der Waals surface area contributed by atoms with E-state index in [1.807, 2.05) is 71.0 Å². The Kier molecular flexibility index (Phi) is 4.94. The number of fused-ring (bicyclic) bond motifs is 2. The predicted molar refractivity (Wildman–Crippen MR) is 128 cm³/mol. The lowest BCUT2D eigenvalue weighted by atomic mass is 10.0. The highest BCUT2D eigenvalue weighted by molar-refractivity contribution is 6.47. The van der Waals surface area contributed by atoms with Crippen LogP contribution in [0.3, 0.4) is 0 Å². The van der Waals surface area contributed by atoms with E-state index in [1.54, 1.807) is 0 Å². The number of hydrogen-bond donors (Lipinski definition) is 1. The van der Waals surface area contributed by atoms with E-state index in [1.165, 1.54) is 5.56 Å². The largest absolute Gasteiger partial charge is 0.350 e. The summed E-state index contributed by atoms with van der Waals surface area (Å²) in [6.45, 7) is 0.989. The fraction of sp³-hybridized carbons (Fsp3) is 0.231. The molecule has 2 aromatic heterocycles. The molecule has 6 nitrogen and oxygen atoms in total. The average Bonchev–Trinajstić information content (AvgIpc) is 3.39. The van der Waals surface area contributed by atoms with Crippen LogP contribution in [-0.4, -0.2) is 46.5 Å². The number of hydrogen-bond acceptors (Lipinski definition) is 3. The van der Waals surface area contributed by atoms with Gasteiger partial charge in [-0.15, -0.1) is 0 Å². The number of amides is 2. The molecule has 4 aromatic rings. The highest BCUT2D eigenvalue weighted by Crippen LogP contribution is 2.36. The standard InChI is InChI=1S/C26H26N4O2/c1-28(2)14-8-9-17-15-30(22-13-7-4-10-18(17)22)24-23(25(31)27-26(24)32)20-16-29(3)21-12-6-5-11-19(20)21/h4-7,10-13,15-16H,8-9,14H2,1-3H3,(H,27,31,32). The van der Waals surface area contributed by atoms with Crippen molar-refractivity contribution in [3.05, 3.63) is 72.1 Å². The zero-order valence-electron chi connectivity index (χ0n) is 18.6. The number of para-hydroxylation sites is 2. The molecule has 32 heavy (non-hydrogen) atoms. The Morgan fingerprint density at radius 3 is 2.31 bits per heavy atom. The fourth-order valence-corrected chi connectivity index (χ4v) is 4.69. The maximum absolute atomic E-state index is 13.0. The molecule has 6 heteroatoms. The summed E-state index contributed by atoms with van der Waals surface area (Å²) in [6, 6.07) is 16.0. The molecule has 0 saturated heterocycles. The normalized spacial score (nSPS) is 14.4. The summed E-state index contributed by atoms with van der Waals surface area (Å²) < 4.78 is 3.89. The van der Waals surface area contributed by atoms with Crippen LogP contribution in [0.15, 0.2) is 60.9 Å². The molecular weight excluding hydrogens is 400 g/mol. The lowest BCUT2D eigenvalue weighted by molar-refractivity contribution is -0.122. The van der Waals surface area contributed by atoms with Crippen LogP contribution < -0.4 is 5.32 Å². The van der Waals surface area contributed by atoms with Crippen LogP contribution in [0, 0.1) is 0 Å². The Labute approximate surface area is 186 Å². The van der Waals surface area contributed by atoms with Gasteiger partial charge < -0.3 is 14.0 Å². The lowest BCUT2D eigenvalue weighted by Gasteiger charge is -2.08. The van der Waals surface area contributed by atoms with Gasteiger partial charge in [-0.25, -0.2) is 0 Å². The van der Waals surface area contributed by atoms with Crippen molar-refractivity contribution in [3.8, 4) is 0 Å². The van der Waals surface area contributed by atoms with Gasteiger partial charge in [0.2, 0.25) is 0 Å². The number of carbonyl (C=O) groups excluding carboxylic acids is 2. The number of nitrogens with zero attached hydrogens (tertiary/aromatic N) is 3. The Morgan fingerprint density at radius 2 is 1.56 bits per heavy atom. The minimum atomic E-state index is -0.362. The molecular formula is C26H26N4O2. The van der Waals surface area contributed by atoms with E-state index in [0.29, 0.717) is 11.3 Å². The second kappa shape index (κ2) is 7.80. The van der Waals surface area contributed by atoms with E-state index in [4.69, 9.17) is 0 Å². The van der Waals surface area contributed by atoms with E-state index in [0.717, 1.165) is 46.8 Å². The van der Waals surface area contributed by atoms with Crippen molar-refractivity contribution in [1.29, 1.82) is 0 Å². The number of benzene rings is 2. The molecule has 0 atom stereocenters. The van der Waals surface area contributed by atoms with Gasteiger partial charge >= 0.3 is 0 Å². The molecule has 0 unspecified atom stereocenters. The maximum atomic E-state index is 13.0. The molecule has 2 aromatic carbocycles. The first-order valence-electron chi connectivity index (χ1n) is 10.8. The number of carbonyl (C=O) groups is 2. The third-order valence-electron chi connectivity index (χ3n) is 6.16. The number of rotatable bonds is 6. The van der Waals surface area contributed by atoms with Crippen LogP contribution in [0.1, 0.15) is 17.5 Å². The molecule has 0 fully saturated rings. The van der Waals surface area contributed by atoms with E-state index in [-0.39, 0.29) is 11.8 Å². The number of nitrogens with one attached hydrogen (secondary N) is 1. The van der Waals surface area contributed by atoms with Gasteiger partial charge in [-0.2, -0.15) is 0 Å². The molecule has 0 saturated carbocycles. The first-order chi connectivity index (χ1) is 15.5. The highest BCUT2D eigenvalue weighted by atomic mass is 16.2. The number of aromatic nitrogens is 2. The van der Waals surface area contributed by atoms with Crippen molar-refractivity contribution in [2.45, 2.75) is 12.8 Å². The first-order valence-corrected chi connectivity index (χ1v) is 10.8. The Morgan fingerprint density at radius 1 is 0.875 bits per heavy atom. The molecule has 0 aliphatic carbocycles. The first kappa shape index (κ1) is 20.3. The molecule has 1 aliphatic rings. The monoisotopic (exact) mass is 426 g/mol. The van der Waals surface area contributed by atoms with Crippen LogP contribution in [-0.2, 0) is 23.1 Å². The second-order valence-electron chi connectivity index (χ2n) is 8.63. The van der Waals surface area contributed by atoms with E-state index >= 15 is 0 Å². The number of imide groups is 1. The van der Waals surface area contributed by atoms with Crippen LogP contribution in [0.5, 0.6) is 0 Å². The van der Waals surface area contributed by atoms with Crippen molar-refractivity contribution in [2.24, 2.45) is 7.05 Å². The molecule has 162 valence electrons. The van der Waals surface area contributed by atoms with Gasteiger partial charge in [0, 0.05) is 41.3 Å². The minimum absolute atomic E-state index is 0.353. The predicted octanol–water partition coefficient (Wildman–Crippen LogP) is 3.65. The summed E-state index contributed by atoms with van der Waals surface area (Å²) in [6.07, 6.45) is 5.88. The summed E-state index contributed by atoms with van der Waals surface area (Å²) in [5.41, 5.74) is 4.72. The summed E-state index contributed by atoms with van der Waals surface area (Å²) in [4.78, 5) is 28.2. The van der Waals surface area contributed by atoms with E-state index in [9.17, 15) is 9.59 Å². The van der Waals surface area contributed by atoms with Gasteiger partial charge in [0.05, 0.1) is 11.1 Å². The third kappa shape index (κ3) is 3.24. The van der Waals surface area contributed by atoms with Crippen LogP contribution in [0.25, 0.3) is 33.1 Å². The van der Waals surface area contributed by atoms with Crippen molar-refractivity contribution in [1.82, 2.24) is 19.4 Å². The molecule has 0 spiro atoms. The van der Waals surface area contributed by atoms with Crippen LogP contribution >= 0.6 is 0 Å². The second-order valence-corrected chi connectivity index (χ2v) is 8.63. The Balaban J connectivity index is 1.72. The number of aryl methyl sites for hydroxylation is 2. The van der Waals surface area contributed by atoms with Crippen LogP contribution in [0.2, 0.25) is 0 Å². The Bertz CT molecular complexity index is 1400. The van der Waals surface area contributed by atoms with Gasteiger partial charge in [0.15, 0.2) is 0 Å². The molecule has 0 bridgehead atoms. The van der Waals surface area contributed by atoms with E-state index < -0.39 is 0 Å². The van der Waals surface area contributed by atoms with E-state index in [2.05, 4.69) is 30.4 Å². The molecule has 3 heterocycles. The van der Waals surface area contributed by atoms with Crippen molar-refractivity contribution in [2.75, 3.05) is 20.6 Å². The van der Waals surface area contributed by atoms with Crippen LogP contribution in [0.4, 0.5) is 0 Å². The topological polar surface area (TPSA) is 59.3 Å².